The van der Waals surface area contributed by atoms with Gasteiger partial charge in [-0.25, -0.2) is 4.98 Å². The third-order valence-corrected chi connectivity index (χ3v) is 4.06. The smallest absolute Gasteiger partial charge is 0.292 e. The molecule has 0 saturated carbocycles. The van der Waals surface area contributed by atoms with Gasteiger partial charge in [0.15, 0.2) is 18.2 Å². The Bertz CT molecular complexity index is 828. The number of carbonyl (C=O) groups is 3. The molecule has 1 aliphatic rings. The van der Waals surface area contributed by atoms with Gasteiger partial charge in [-0.3, -0.25) is 14.4 Å². The number of nitrogens with one attached hydrogen (secondary N) is 1. The van der Waals surface area contributed by atoms with Crippen LogP contribution in [0.25, 0.3) is 0 Å². The number of amides is 1. The van der Waals surface area contributed by atoms with Gasteiger partial charge in [0.1, 0.15) is 12.5 Å². The predicted octanol–water partition coefficient (Wildman–Crippen LogP) is 0.976. The van der Waals surface area contributed by atoms with Gasteiger partial charge in [-0.1, -0.05) is 30.3 Å². The summed E-state index contributed by atoms with van der Waals surface area (Å²) in [6, 6.07) is 12.9. The van der Waals surface area contributed by atoms with Gasteiger partial charge in [-0.15, -0.1) is 0 Å². The first-order valence-electron chi connectivity index (χ1n) is 7.42. The maximum absolute atomic E-state index is 12.8. The number of likely N-dealkylation sites (tertiary alicyclic amines) is 1. The number of hydrogen-bond acceptors (Lipinski definition) is 4. The number of ketones is 2. The minimum absolute atomic E-state index is 0.247. The number of aromatic nitrogens is 1. The Labute approximate surface area is 138 Å². The predicted molar refractivity (Wildman–Crippen MR) is 82.3 cm³/mol. The summed E-state index contributed by atoms with van der Waals surface area (Å²) < 4.78 is 0. The molecule has 0 aliphatic carbocycles. The Morgan fingerprint density at radius 1 is 1.17 bits per heavy atom. The molecule has 2 unspecified atom stereocenters. The molecule has 118 valence electrons. The number of aromatic amines is 1. The Morgan fingerprint density at radius 2 is 1.92 bits per heavy atom. The quantitative estimate of drug-likeness (QED) is 0.363. The molecule has 0 radical (unpaired) electrons. The first-order chi connectivity index (χ1) is 11.6. The molecular formula is C18H14N3O3+. The van der Waals surface area contributed by atoms with Crippen LogP contribution in [0.3, 0.4) is 0 Å². The molecule has 0 bridgehead atoms. The van der Waals surface area contributed by atoms with E-state index in [1.807, 2.05) is 6.07 Å². The number of nitriles is 1. The number of H-pyrrole nitrogens is 1. The van der Waals surface area contributed by atoms with Crippen LogP contribution in [-0.4, -0.2) is 28.9 Å². The van der Waals surface area contributed by atoms with Crippen molar-refractivity contribution < 1.29 is 19.4 Å². The van der Waals surface area contributed by atoms with E-state index in [1.165, 1.54) is 0 Å². The summed E-state index contributed by atoms with van der Waals surface area (Å²) in [5.74, 6) is -3.13. The standard InChI is InChI=1S/C18H13N3O3/c19-8-10-21-15(13-7-4-9-20-11-13)14(17(23)18(21)24)16(22)12-5-2-1-3-6-12/h1-7,9,11,14-15H,10H2/p+1. The second-order valence-electron chi connectivity index (χ2n) is 5.44. The zero-order valence-corrected chi connectivity index (χ0v) is 12.7. The molecule has 6 heteroatoms. The van der Waals surface area contributed by atoms with E-state index in [1.54, 1.807) is 54.9 Å². The summed E-state index contributed by atoms with van der Waals surface area (Å²) in [4.78, 5) is 41.6. The molecule has 2 atom stereocenters. The average Bonchev–Trinajstić information content (AvgIpc) is 2.88. The zero-order valence-electron chi connectivity index (χ0n) is 12.7. The molecule has 1 fully saturated rings. The molecule has 1 N–H and O–H groups in total. The normalized spacial score (nSPS) is 20.0. The molecule has 1 saturated heterocycles. The summed E-state index contributed by atoms with van der Waals surface area (Å²) in [6.07, 6.45) is 3.32. The summed E-state index contributed by atoms with van der Waals surface area (Å²) in [5.41, 5.74) is 0.980. The number of benzene rings is 1. The number of rotatable bonds is 4. The van der Waals surface area contributed by atoms with Gasteiger partial charge >= 0.3 is 0 Å². The molecule has 2 heterocycles. The number of Topliss-reactive ketones (excluding diaryl/α,β-unsaturated/α-hetero) is 2. The number of carbonyl (C=O) groups excluding carboxylic acids is 3. The van der Waals surface area contributed by atoms with Gasteiger partial charge < -0.3 is 4.90 Å². The Morgan fingerprint density at radius 3 is 2.54 bits per heavy atom. The van der Waals surface area contributed by atoms with Crippen molar-refractivity contribution in [3.63, 3.8) is 0 Å². The van der Waals surface area contributed by atoms with Crippen molar-refractivity contribution in [3.05, 3.63) is 66.0 Å². The summed E-state index contributed by atoms with van der Waals surface area (Å²) in [5, 5.41) is 8.99. The van der Waals surface area contributed by atoms with Crippen molar-refractivity contribution >= 4 is 17.5 Å². The van der Waals surface area contributed by atoms with Crippen molar-refractivity contribution in [2.75, 3.05) is 6.54 Å². The lowest BCUT2D eigenvalue weighted by molar-refractivity contribution is -0.379. The molecule has 24 heavy (non-hydrogen) atoms. The molecule has 1 aliphatic heterocycles. The van der Waals surface area contributed by atoms with E-state index in [9.17, 15) is 14.4 Å². The fraction of sp³-hybridized carbons (Fsp3) is 0.167. The van der Waals surface area contributed by atoms with Crippen molar-refractivity contribution in [3.8, 4) is 6.07 Å². The van der Waals surface area contributed by atoms with E-state index in [0.29, 0.717) is 11.1 Å². The van der Waals surface area contributed by atoms with E-state index in [-0.39, 0.29) is 6.54 Å². The fourth-order valence-corrected chi connectivity index (χ4v) is 2.98. The molecule has 0 spiro atoms. The van der Waals surface area contributed by atoms with Crippen molar-refractivity contribution in [2.45, 2.75) is 6.04 Å². The second kappa shape index (κ2) is 6.42. The molecule has 2 aromatic rings. The van der Waals surface area contributed by atoms with E-state index in [2.05, 4.69) is 4.98 Å². The molecule has 1 amide bonds. The van der Waals surface area contributed by atoms with Gasteiger partial charge in [0.05, 0.1) is 12.1 Å². The fourth-order valence-electron chi connectivity index (χ4n) is 2.98. The van der Waals surface area contributed by atoms with E-state index >= 15 is 0 Å². The Hall–Kier alpha value is -3.33. The highest BCUT2D eigenvalue weighted by molar-refractivity contribution is 6.44. The summed E-state index contributed by atoms with van der Waals surface area (Å²) in [7, 11) is 0. The summed E-state index contributed by atoms with van der Waals surface area (Å²) in [6.45, 7) is -0.247. The van der Waals surface area contributed by atoms with E-state index in [4.69, 9.17) is 5.26 Å². The maximum atomic E-state index is 12.8. The monoisotopic (exact) mass is 320 g/mol. The lowest BCUT2D eigenvalue weighted by Crippen LogP contribution is -2.31. The minimum Gasteiger partial charge on any atom is -0.314 e. The SMILES string of the molecule is N#CCN1C(=O)C(=O)C(C(=O)c2ccccc2)C1c1ccc[nH+]c1. The highest BCUT2D eigenvalue weighted by Crippen LogP contribution is 2.37. The molecule has 1 aromatic heterocycles. The number of pyridine rings is 1. The number of hydrogen-bond donors (Lipinski definition) is 0. The van der Waals surface area contributed by atoms with Crippen LogP contribution < -0.4 is 4.98 Å². The number of nitrogens with zero attached hydrogens (tertiary/aromatic N) is 2. The molecular weight excluding hydrogens is 306 g/mol. The first kappa shape index (κ1) is 15.6. The topological polar surface area (TPSA) is 92.4 Å². The van der Waals surface area contributed by atoms with Crippen LogP contribution in [0.15, 0.2) is 54.9 Å². The van der Waals surface area contributed by atoms with Crippen LogP contribution in [0.5, 0.6) is 0 Å². The summed E-state index contributed by atoms with van der Waals surface area (Å²) >= 11 is 0. The van der Waals surface area contributed by atoms with Crippen LogP contribution in [0, 0.1) is 17.2 Å². The largest absolute Gasteiger partial charge is 0.314 e. The van der Waals surface area contributed by atoms with Crippen molar-refractivity contribution in [1.82, 2.24) is 4.90 Å². The second-order valence-corrected chi connectivity index (χ2v) is 5.44. The molecule has 1 aromatic carbocycles. The van der Waals surface area contributed by atoms with Crippen LogP contribution in [0.2, 0.25) is 0 Å². The maximum Gasteiger partial charge on any atom is 0.292 e. The molecule has 6 nitrogen and oxygen atoms in total. The Balaban J connectivity index is 2.08. The average molecular weight is 320 g/mol. The van der Waals surface area contributed by atoms with Crippen molar-refractivity contribution in [2.24, 2.45) is 5.92 Å². The lowest BCUT2D eigenvalue weighted by Gasteiger charge is -2.23. The van der Waals surface area contributed by atoms with Crippen LogP contribution >= 0.6 is 0 Å². The van der Waals surface area contributed by atoms with Gasteiger partial charge in [-0.2, -0.15) is 5.26 Å². The third kappa shape index (κ3) is 2.57. The van der Waals surface area contributed by atoms with Crippen molar-refractivity contribution in [1.29, 1.82) is 5.26 Å². The van der Waals surface area contributed by atoms with Gasteiger partial charge in [0.2, 0.25) is 5.78 Å². The lowest BCUT2D eigenvalue weighted by atomic mass is 9.87. The highest BCUT2D eigenvalue weighted by Gasteiger charge is 2.52. The van der Waals surface area contributed by atoms with Crippen LogP contribution in [-0.2, 0) is 9.59 Å². The molecule has 3 rings (SSSR count). The minimum atomic E-state index is -1.15. The van der Waals surface area contributed by atoms with Gasteiger partial charge in [0, 0.05) is 17.2 Å². The van der Waals surface area contributed by atoms with Crippen LogP contribution in [0.4, 0.5) is 0 Å². The Kier molecular flexibility index (Phi) is 4.17. The van der Waals surface area contributed by atoms with Gasteiger partial charge in [-0.05, 0) is 6.07 Å². The highest BCUT2D eigenvalue weighted by atomic mass is 16.2. The van der Waals surface area contributed by atoms with E-state index in [0.717, 1.165) is 4.90 Å². The van der Waals surface area contributed by atoms with E-state index < -0.39 is 29.4 Å². The zero-order chi connectivity index (χ0) is 17.1. The third-order valence-electron chi connectivity index (χ3n) is 4.06. The van der Waals surface area contributed by atoms with Crippen LogP contribution in [0.1, 0.15) is 22.0 Å². The first-order valence-corrected chi connectivity index (χ1v) is 7.42. The van der Waals surface area contributed by atoms with Gasteiger partial charge in [0.25, 0.3) is 5.91 Å².